The Kier molecular flexibility index (Phi) is 7.85. The summed E-state index contributed by atoms with van der Waals surface area (Å²) in [6.07, 6.45) is -0.585. The van der Waals surface area contributed by atoms with Crippen LogP contribution in [0.2, 0.25) is 5.02 Å². The monoisotopic (exact) mass is 365 g/mol. The summed E-state index contributed by atoms with van der Waals surface area (Å²) in [7, 11) is 3.55. The SMILES string of the molecule is COc1ccc(OCC(O)CN(C)CCOc2cccc(Cl)c2)cc1. The van der Waals surface area contributed by atoms with Gasteiger partial charge in [0.25, 0.3) is 0 Å². The summed E-state index contributed by atoms with van der Waals surface area (Å²) in [6, 6.07) is 14.6. The zero-order valence-electron chi connectivity index (χ0n) is 14.5. The van der Waals surface area contributed by atoms with Crippen molar-refractivity contribution in [2.45, 2.75) is 6.10 Å². The lowest BCUT2D eigenvalue weighted by Gasteiger charge is -2.21. The number of halogens is 1. The number of benzene rings is 2. The fourth-order valence-corrected chi connectivity index (χ4v) is 2.42. The van der Waals surface area contributed by atoms with Crippen LogP contribution in [0.15, 0.2) is 48.5 Å². The fourth-order valence-electron chi connectivity index (χ4n) is 2.24. The van der Waals surface area contributed by atoms with Crippen LogP contribution in [0.4, 0.5) is 0 Å². The highest BCUT2D eigenvalue weighted by Crippen LogP contribution is 2.18. The highest BCUT2D eigenvalue weighted by atomic mass is 35.5. The minimum atomic E-state index is -0.585. The highest BCUT2D eigenvalue weighted by molar-refractivity contribution is 6.30. The third-order valence-corrected chi connectivity index (χ3v) is 3.80. The summed E-state index contributed by atoms with van der Waals surface area (Å²) in [5, 5.41) is 10.7. The fraction of sp³-hybridized carbons (Fsp3) is 0.368. The van der Waals surface area contributed by atoms with Crippen molar-refractivity contribution in [3.63, 3.8) is 0 Å². The van der Waals surface area contributed by atoms with Crippen molar-refractivity contribution in [3.8, 4) is 17.2 Å². The lowest BCUT2D eigenvalue weighted by atomic mass is 10.3. The Hall–Kier alpha value is -1.95. The minimum absolute atomic E-state index is 0.228. The molecule has 0 spiro atoms. The van der Waals surface area contributed by atoms with Crippen molar-refractivity contribution in [1.82, 2.24) is 4.90 Å². The van der Waals surface area contributed by atoms with Crippen molar-refractivity contribution in [2.24, 2.45) is 0 Å². The van der Waals surface area contributed by atoms with Gasteiger partial charge in [-0.2, -0.15) is 0 Å². The number of likely N-dealkylation sites (N-methyl/N-ethyl adjacent to an activating group) is 1. The molecular formula is C19H24ClNO4. The Morgan fingerprint density at radius 2 is 1.76 bits per heavy atom. The van der Waals surface area contributed by atoms with Crippen molar-refractivity contribution >= 4 is 11.6 Å². The lowest BCUT2D eigenvalue weighted by molar-refractivity contribution is 0.0723. The van der Waals surface area contributed by atoms with E-state index < -0.39 is 6.10 Å². The van der Waals surface area contributed by atoms with E-state index in [-0.39, 0.29) is 6.61 Å². The van der Waals surface area contributed by atoms with Gasteiger partial charge >= 0.3 is 0 Å². The Bertz CT molecular complexity index is 636. The molecule has 6 heteroatoms. The molecule has 0 radical (unpaired) electrons. The average molecular weight is 366 g/mol. The van der Waals surface area contributed by atoms with E-state index in [1.807, 2.05) is 48.3 Å². The smallest absolute Gasteiger partial charge is 0.120 e. The molecule has 0 saturated carbocycles. The van der Waals surface area contributed by atoms with Crippen LogP contribution in [0.3, 0.4) is 0 Å². The van der Waals surface area contributed by atoms with Crippen LogP contribution in [-0.2, 0) is 0 Å². The van der Waals surface area contributed by atoms with Gasteiger partial charge in [0.1, 0.15) is 36.6 Å². The predicted octanol–water partition coefficient (Wildman–Crippen LogP) is 3.10. The van der Waals surface area contributed by atoms with E-state index in [1.165, 1.54) is 0 Å². The van der Waals surface area contributed by atoms with Crippen LogP contribution in [0.5, 0.6) is 17.2 Å². The van der Waals surface area contributed by atoms with Crippen LogP contribution < -0.4 is 14.2 Å². The summed E-state index contributed by atoms with van der Waals surface area (Å²) in [4.78, 5) is 1.99. The normalized spacial score (nSPS) is 12.0. The van der Waals surface area contributed by atoms with Crippen LogP contribution in [0.25, 0.3) is 0 Å². The molecule has 0 bridgehead atoms. The minimum Gasteiger partial charge on any atom is -0.497 e. The predicted molar refractivity (Wildman–Crippen MR) is 98.9 cm³/mol. The molecule has 0 saturated heterocycles. The quantitative estimate of drug-likeness (QED) is 0.701. The number of aliphatic hydroxyl groups is 1. The first-order chi connectivity index (χ1) is 12.1. The van der Waals surface area contributed by atoms with E-state index >= 15 is 0 Å². The second kappa shape index (κ2) is 10.1. The summed E-state index contributed by atoms with van der Waals surface area (Å²) in [6.45, 7) is 1.93. The number of nitrogens with zero attached hydrogens (tertiary/aromatic N) is 1. The van der Waals surface area contributed by atoms with Gasteiger partial charge in [-0.3, -0.25) is 0 Å². The molecule has 2 aromatic carbocycles. The second-order valence-electron chi connectivity index (χ2n) is 5.71. The Morgan fingerprint density at radius 3 is 2.44 bits per heavy atom. The number of methoxy groups -OCH3 is 1. The van der Waals surface area contributed by atoms with Crippen molar-refractivity contribution in [2.75, 3.05) is 40.5 Å². The maximum atomic E-state index is 10.1. The molecule has 1 unspecified atom stereocenters. The molecule has 1 N–H and O–H groups in total. The molecule has 2 rings (SSSR count). The molecule has 0 aliphatic carbocycles. The lowest BCUT2D eigenvalue weighted by Crippen LogP contribution is -2.35. The van der Waals surface area contributed by atoms with E-state index in [0.717, 1.165) is 11.5 Å². The molecule has 0 heterocycles. The number of aliphatic hydroxyl groups excluding tert-OH is 1. The number of hydrogen-bond donors (Lipinski definition) is 1. The Balaban J connectivity index is 1.64. The van der Waals surface area contributed by atoms with Crippen LogP contribution in [-0.4, -0.2) is 56.6 Å². The van der Waals surface area contributed by atoms with Gasteiger partial charge < -0.3 is 24.2 Å². The van der Waals surface area contributed by atoms with Crippen LogP contribution >= 0.6 is 11.6 Å². The molecule has 0 fully saturated rings. The van der Waals surface area contributed by atoms with Crippen LogP contribution in [0, 0.1) is 0 Å². The first-order valence-corrected chi connectivity index (χ1v) is 8.46. The molecule has 0 aliphatic heterocycles. The Morgan fingerprint density at radius 1 is 1.04 bits per heavy atom. The van der Waals surface area contributed by atoms with E-state index in [4.69, 9.17) is 25.8 Å². The van der Waals surface area contributed by atoms with Gasteiger partial charge in [-0.05, 0) is 49.5 Å². The summed E-state index contributed by atoms with van der Waals surface area (Å²) in [5.74, 6) is 2.21. The van der Waals surface area contributed by atoms with Gasteiger partial charge in [0.05, 0.1) is 7.11 Å². The number of rotatable bonds is 10. The third-order valence-electron chi connectivity index (χ3n) is 3.56. The molecule has 0 aromatic heterocycles. The van der Waals surface area contributed by atoms with Crippen molar-refractivity contribution < 1.29 is 19.3 Å². The maximum absolute atomic E-state index is 10.1. The van der Waals surface area contributed by atoms with E-state index in [9.17, 15) is 5.11 Å². The van der Waals surface area contributed by atoms with E-state index in [2.05, 4.69) is 0 Å². The molecule has 5 nitrogen and oxygen atoms in total. The van der Waals surface area contributed by atoms with Crippen LogP contribution in [0.1, 0.15) is 0 Å². The molecule has 1 atom stereocenters. The Labute approximate surface area is 153 Å². The summed E-state index contributed by atoms with van der Waals surface area (Å²) >= 11 is 5.91. The molecule has 136 valence electrons. The molecule has 0 aliphatic rings. The van der Waals surface area contributed by atoms with Gasteiger partial charge in [0.15, 0.2) is 0 Å². The molecule has 0 amide bonds. The summed E-state index contributed by atoms with van der Waals surface area (Å²) < 4.78 is 16.3. The zero-order chi connectivity index (χ0) is 18.1. The average Bonchev–Trinajstić information content (AvgIpc) is 2.60. The first kappa shape index (κ1) is 19.4. The second-order valence-corrected chi connectivity index (χ2v) is 6.14. The van der Waals surface area contributed by atoms with Gasteiger partial charge in [0, 0.05) is 18.1 Å². The third kappa shape index (κ3) is 7.22. The van der Waals surface area contributed by atoms with Crippen molar-refractivity contribution in [3.05, 3.63) is 53.6 Å². The van der Waals surface area contributed by atoms with E-state index in [0.29, 0.717) is 30.5 Å². The largest absolute Gasteiger partial charge is 0.497 e. The maximum Gasteiger partial charge on any atom is 0.120 e. The zero-order valence-corrected chi connectivity index (χ0v) is 15.3. The first-order valence-electron chi connectivity index (χ1n) is 8.08. The summed E-state index contributed by atoms with van der Waals surface area (Å²) in [5.41, 5.74) is 0. The number of ether oxygens (including phenoxy) is 3. The molecule has 2 aromatic rings. The van der Waals surface area contributed by atoms with E-state index in [1.54, 1.807) is 19.2 Å². The van der Waals surface area contributed by atoms with Gasteiger partial charge in [0.2, 0.25) is 0 Å². The van der Waals surface area contributed by atoms with Gasteiger partial charge in [-0.1, -0.05) is 17.7 Å². The standard InChI is InChI=1S/C19H24ClNO4/c1-21(10-11-24-19-5-3-4-15(20)12-19)13-16(22)14-25-18-8-6-17(23-2)7-9-18/h3-9,12,16,22H,10-11,13-14H2,1-2H3. The topological polar surface area (TPSA) is 51.2 Å². The molecular weight excluding hydrogens is 342 g/mol. The van der Waals surface area contributed by atoms with Gasteiger partial charge in [-0.15, -0.1) is 0 Å². The number of hydrogen-bond acceptors (Lipinski definition) is 5. The molecule has 25 heavy (non-hydrogen) atoms. The van der Waals surface area contributed by atoms with Gasteiger partial charge in [-0.25, -0.2) is 0 Å². The highest BCUT2D eigenvalue weighted by Gasteiger charge is 2.09. The van der Waals surface area contributed by atoms with Crippen molar-refractivity contribution in [1.29, 1.82) is 0 Å².